The number of hydrogen-bond acceptors (Lipinski definition) is 9. The molecule has 0 radical (unpaired) electrons. The van der Waals surface area contributed by atoms with Crippen LogP contribution in [0.4, 0.5) is 17.1 Å². The third-order valence-corrected chi connectivity index (χ3v) is 7.93. The van der Waals surface area contributed by atoms with E-state index in [1.54, 1.807) is 0 Å². The van der Waals surface area contributed by atoms with Gasteiger partial charge in [-0.25, -0.2) is 13.1 Å². The van der Waals surface area contributed by atoms with Crippen LogP contribution < -0.4 is 26.2 Å². The highest BCUT2D eigenvalue weighted by Crippen LogP contribution is 2.38. The van der Waals surface area contributed by atoms with Crippen LogP contribution in [0, 0.1) is 0 Å². The molecule has 0 bridgehead atoms. The quantitative estimate of drug-likeness (QED) is 0.175. The summed E-state index contributed by atoms with van der Waals surface area (Å²) in [6.45, 7) is 6.76. The van der Waals surface area contributed by atoms with Crippen LogP contribution in [0.3, 0.4) is 0 Å². The highest BCUT2D eigenvalue weighted by molar-refractivity contribution is 7.89. The van der Waals surface area contributed by atoms with Crippen LogP contribution in [0.5, 0.6) is 5.75 Å². The molecule has 1 fully saturated rings. The first kappa shape index (κ1) is 27.4. The second kappa shape index (κ2) is 11.7. The van der Waals surface area contributed by atoms with Crippen molar-refractivity contribution in [3.8, 4) is 5.75 Å². The summed E-state index contributed by atoms with van der Waals surface area (Å²) in [7, 11) is -4.16. The van der Waals surface area contributed by atoms with Crippen molar-refractivity contribution in [1.82, 2.24) is 4.72 Å². The molecule has 2 aromatic rings. The molecule has 4 N–H and O–H groups in total. The van der Waals surface area contributed by atoms with Crippen LogP contribution in [0.15, 0.2) is 26.6 Å². The Balaban J connectivity index is 1.81. The van der Waals surface area contributed by atoms with Crippen molar-refractivity contribution in [3.05, 3.63) is 37.6 Å². The van der Waals surface area contributed by atoms with Crippen LogP contribution in [0.2, 0.25) is 5.02 Å². The Bertz CT molecular complexity index is 1210. The summed E-state index contributed by atoms with van der Waals surface area (Å²) >= 11 is 6.09. The van der Waals surface area contributed by atoms with Crippen molar-refractivity contribution < 1.29 is 23.0 Å². The number of rotatable bonds is 13. The lowest BCUT2D eigenvalue weighted by Gasteiger charge is -2.26. The number of anilines is 3. The highest BCUT2D eigenvalue weighted by atomic mass is 35.5. The van der Waals surface area contributed by atoms with Crippen LogP contribution in [-0.2, 0) is 19.5 Å². The van der Waals surface area contributed by atoms with Gasteiger partial charge in [0.1, 0.15) is 16.3 Å². The van der Waals surface area contributed by atoms with E-state index >= 15 is 0 Å². The Morgan fingerprint density at radius 3 is 2.54 bits per heavy atom. The first-order valence-electron chi connectivity index (χ1n) is 11.7. The molecule has 0 spiro atoms. The van der Waals surface area contributed by atoms with Gasteiger partial charge in [0.15, 0.2) is 5.75 Å². The minimum Gasteiger partial charge on any atom is -0.504 e. The molecule has 10 nitrogen and oxygen atoms in total. The Kier molecular flexibility index (Phi) is 9.16. The molecule has 0 saturated carbocycles. The van der Waals surface area contributed by atoms with E-state index in [9.17, 15) is 23.1 Å². The number of benzene rings is 1. The number of ether oxygens (including phenoxy) is 2. The third kappa shape index (κ3) is 6.15. The predicted octanol–water partition coefficient (Wildman–Crippen LogP) is 2.85. The summed E-state index contributed by atoms with van der Waals surface area (Å²) in [5, 5.41) is 16.4. The molecule has 2 aromatic carbocycles. The average molecular weight is 530 g/mol. The number of phenolic OH excluding ortho intramolecular Hbond substituents is 1. The molecular formula is C23H32ClN3O7S. The van der Waals surface area contributed by atoms with Gasteiger partial charge in [0.2, 0.25) is 10.0 Å². The lowest BCUT2D eigenvalue weighted by Crippen LogP contribution is -2.42. The van der Waals surface area contributed by atoms with Crippen molar-refractivity contribution in [2.75, 3.05) is 30.4 Å². The van der Waals surface area contributed by atoms with Crippen molar-refractivity contribution in [2.24, 2.45) is 0 Å². The molecule has 35 heavy (non-hydrogen) atoms. The van der Waals surface area contributed by atoms with E-state index in [4.69, 9.17) is 21.1 Å². The average Bonchev–Trinajstić information content (AvgIpc) is 3.25. The SMILES string of the molecule is CCOCCCNS(=O)(=O)c1c(Cl)ccc(Nc2c(N[C@H](CC)[C@H]3CC[C@@H](C)O3)c(=O)c2=O)c1O. The summed E-state index contributed by atoms with van der Waals surface area (Å²) < 4.78 is 39.0. The first-order chi connectivity index (χ1) is 16.6. The fourth-order valence-corrected chi connectivity index (χ4v) is 5.76. The number of aromatic hydroxyl groups is 1. The molecule has 1 aliphatic heterocycles. The molecule has 1 heterocycles. The molecule has 0 unspecified atom stereocenters. The van der Waals surface area contributed by atoms with Crippen LogP contribution in [0.1, 0.15) is 46.5 Å². The summed E-state index contributed by atoms with van der Waals surface area (Å²) in [5.41, 5.74) is -1.49. The van der Waals surface area contributed by atoms with Gasteiger partial charge in [0.05, 0.1) is 29.0 Å². The Labute approximate surface area is 209 Å². The molecule has 1 aliphatic rings. The lowest BCUT2D eigenvalue weighted by atomic mass is 10.0. The van der Waals surface area contributed by atoms with Gasteiger partial charge >= 0.3 is 0 Å². The number of halogens is 1. The van der Waals surface area contributed by atoms with Gasteiger partial charge in [-0.15, -0.1) is 0 Å². The second-order valence-corrected chi connectivity index (χ2v) is 10.6. The second-order valence-electron chi connectivity index (χ2n) is 8.48. The van der Waals surface area contributed by atoms with E-state index in [0.717, 1.165) is 12.8 Å². The minimum atomic E-state index is -4.16. The normalized spacial score (nSPS) is 19.2. The topological polar surface area (TPSA) is 143 Å². The van der Waals surface area contributed by atoms with Gasteiger partial charge in [0.25, 0.3) is 10.9 Å². The third-order valence-electron chi connectivity index (χ3n) is 5.97. The van der Waals surface area contributed by atoms with E-state index in [2.05, 4.69) is 15.4 Å². The Morgan fingerprint density at radius 2 is 1.91 bits per heavy atom. The summed E-state index contributed by atoms with van der Waals surface area (Å²) in [6.07, 6.45) is 2.88. The number of sulfonamides is 1. The molecule has 12 heteroatoms. The van der Waals surface area contributed by atoms with Crippen molar-refractivity contribution in [3.63, 3.8) is 0 Å². The molecule has 0 amide bonds. The summed E-state index contributed by atoms with van der Waals surface area (Å²) in [5.74, 6) is -0.659. The van der Waals surface area contributed by atoms with E-state index in [1.807, 2.05) is 20.8 Å². The zero-order valence-electron chi connectivity index (χ0n) is 20.0. The van der Waals surface area contributed by atoms with E-state index in [1.165, 1.54) is 12.1 Å². The van der Waals surface area contributed by atoms with E-state index in [0.29, 0.717) is 26.1 Å². The fourth-order valence-electron chi connectivity index (χ4n) is 4.06. The van der Waals surface area contributed by atoms with Crippen LogP contribution in [0.25, 0.3) is 0 Å². The number of hydrogen-bond donors (Lipinski definition) is 4. The molecule has 0 aromatic heterocycles. The monoisotopic (exact) mass is 529 g/mol. The lowest BCUT2D eigenvalue weighted by molar-refractivity contribution is 0.0438. The first-order valence-corrected chi connectivity index (χ1v) is 13.6. The zero-order valence-corrected chi connectivity index (χ0v) is 21.6. The molecule has 3 atom stereocenters. The highest BCUT2D eigenvalue weighted by Gasteiger charge is 2.32. The van der Waals surface area contributed by atoms with Crippen molar-refractivity contribution >= 4 is 38.7 Å². The Hall–Kier alpha value is -2.18. The molecule has 3 rings (SSSR count). The summed E-state index contributed by atoms with van der Waals surface area (Å²) in [4.78, 5) is 24.1. The smallest absolute Gasteiger partial charge is 0.253 e. The van der Waals surface area contributed by atoms with Gasteiger partial charge in [0, 0.05) is 19.8 Å². The standard InChI is InChI=1S/C23H32ClN3O7S/c1-4-15(17-10-7-13(3)34-17)26-18-19(22(30)21(18)29)27-16-9-8-14(24)23(20(16)28)35(31,32)25-11-6-12-33-5-2/h8-9,13,15,17,25-28H,4-7,10-12H2,1-3H3/t13-,15-,17-/m1/s1. The van der Waals surface area contributed by atoms with Crippen LogP contribution in [-0.4, -0.2) is 51.5 Å². The van der Waals surface area contributed by atoms with E-state index in [-0.39, 0.29) is 46.9 Å². The van der Waals surface area contributed by atoms with Gasteiger partial charge in [-0.1, -0.05) is 18.5 Å². The zero-order chi connectivity index (χ0) is 25.8. The van der Waals surface area contributed by atoms with Gasteiger partial charge in [-0.3, -0.25) is 9.59 Å². The molecule has 194 valence electrons. The molecule has 1 saturated heterocycles. The maximum atomic E-state index is 12.8. The van der Waals surface area contributed by atoms with Crippen LogP contribution >= 0.6 is 11.6 Å². The largest absolute Gasteiger partial charge is 0.504 e. The molecular weight excluding hydrogens is 498 g/mol. The fraction of sp³-hybridized carbons (Fsp3) is 0.565. The van der Waals surface area contributed by atoms with Gasteiger partial charge in [-0.05, 0) is 51.7 Å². The molecule has 0 aliphatic carbocycles. The number of phenols is 1. The summed E-state index contributed by atoms with van der Waals surface area (Å²) in [6, 6.07) is 2.45. The van der Waals surface area contributed by atoms with Crippen molar-refractivity contribution in [2.45, 2.75) is 69.6 Å². The van der Waals surface area contributed by atoms with Crippen molar-refractivity contribution in [1.29, 1.82) is 0 Å². The van der Waals surface area contributed by atoms with Gasteiger partial charge < -0.3 is 25.2 Å². The maximum Gasteiger partial charge on any atom is 0.253 e. The minimum absolute atomic E-state index is 0.0508. The maximum absolute atomic E-state index is 12.8. The van der Waals surface area contributed by atoms with Gasteiger partial charge in [-0.2, -0.15) is 0 Å². The predicted molar refractivity (Wildman–Crippen MR) is 135 cm³/mol. The number of nitrogens with one attached hydrogen (secondary N) is 3. The Morgan fingerprint density at radius 1 is 1.20 bits per heavy atom. The van der Waals surface area contributed by atoms with E-state index < -0.39 is 31.5 Å².